The summed E-state index contributed by atoms with van der Waals surface area (Å²) in [6.45, 7) is 0. The van der Waals surface area contributed by atoms with E-state index in [1.165, 1.54) is 6.07 Å². The van der Waals surface area contributed by atoms with Crippen molar-refractivity contribution in [3.8, 4) is 0 Å². The lowest BCUT2D eigenvalue weighted by Crippen LogP contribution is -2.12. The van der Waals surface area contributed by atoms with E-state index in [2.05, 4.69) is 0 Å². The van der Waals surface area contributed by atoms with Crippen LogP contribution >= 0.6 is 11.6 Å². The second kappa shape index (κ2) is 4.68. The molecule has 2 nitrogen and oxygen atoms in total. The molecule has 2 aromatic rings. The van der Waals surface area contributed by atoms with Gasteiger partial charge in [0.15, 0.2) is 0 Å². The van der Waals surface area contributed by atoms with Crippen LogP contribution in [-0.2, 0) is 6.42 Å². The number of hydrogen-bond donors (Lipinski definition) is 1. The first-order chi connectivity index (χ1) is 7.66. The summed E-state index contributed by atoms with van der Waals surface area (Å²) < 4.78 is 17.9. The highest BCUT2D eigenvalue weighted by Gasteiger charge is 2.09. The Morgan fingerprint density at radius 1 is 1.38 bits per heavy atom. The second-order valence-corrected chi connectivity index (χ2v) is 4.02. The first kappa shape index (κ1) is 11.2. The summed E-state index contributed by atoms with van der Waals surface area (Å²) in [4.78, 5) is 0. The first-order valence-electron chi connectivity index (χ1n) is 4.88. The van der Waals surface area contributed by atoms with Gasteiger partial charge in [-0.15, -0.1) is 0 Å². The zero-order chi connectivity index (χ0) is 11.5. The van der Waals surface area contributed by atoms with Crippen LogP contribution in [0.5, 0.6) is 0 Å². The molecule has 0 fully saturated rings. The largest absolute Gasteiger partial charge is 0.472 e. The Labute approximate surface area is 97.8 Å². The van der Waals surface area contributed by atoms with Gasteiger partial charge in [-0.1, -0.05) is 17.7 Å². The average molecular weight is 240 g/mol. The molecule has 1 aromatic carbocycles. The molecule has 0 saturated heterocycles. The maximum Gasteiger partial charge on any atom is 0.141 e. The predicted octanol–water partition coefficient (Wildman–Crippen LogP) is 3.31. The third-order valence-corrected chi connectivity index (χ3v) is 2.70. The maximum absolute atomic E-state index is 12.9. The van der Waals surface area contributed by atoms with Gasteiger partial charge in [-0.3, -0.25) is 0 Å². The van der Waals surface area contributed by atoms with Crippen LogP contribution in [0.2, 0.25) is 5.02 Å². The molecule has 0 radical (unpaired) electrons. The van der Waals surface area contributed by atoms with Crippen molar-refractivity contribution in [1.29, 1.82) is 0 Å². The molecule has 0 aliphatic carbocycles. The minimum Gasteiger partial charge on any atom is -0.472 e. The van der Waals surface area contributed by atoms with E-state index >= 15 is 0 Å². The van der Waals surface area contributed by atoms with Crippen LogP contribution in [0.3, 0.4) is 0 Å². The van der Waals surface area contributed by atoms with Crippen LogP contribution in [0.1, 0.15) is 17.2 Å². The number of furan rings is 1. The van der Waals surface area contributed by atoms with Gasteiger partial charge in [-0.2, -0.15) is 0 Å². The molecular weight excluding hydrogens is 229 g/mol. The van der Waals surface area contributed by atoms with Gasteiger partial charge in [-0.25, -0.2) is 4.39 Å². The molecule has 16 heavy (non-hydrogen) atoms. The van der Waals surface area contributed by atoms with E-state index in [0.29, 0.717) is 6.42 Å². The molecule has 1 heterocycles. The zero-order valence-corrected chi connectivity index (χ0v) is 9.25. The Bertz CT molecular complexity index is 470. The zero-order valence-electron chi connectivity index (χ0n) is 8.49. The van der Waals surface area contributed by atoms with E-state index in [-0.39, 0.29) is 11.1 Å². The van der Waals surface area contributed by atoms with Gasteiger partial charge < -0.3 is 10.2 Å². The summed E-state index contributed by atoms with van der Waals surface area (Å²) in [5, 5.41) is 0.122. The topological polar surface area (TPSA) is 39.2 Å². The van der Waals surface area contributed by atoms with E-state index < -0.39 is 5.82 Å². The molecule has 0 spiro atoms. The van der Waals surface area contributed by atoms with Gasteiger partial charge in [0, 0.05) is 11.6 Å². The van der Waals surface area contributed by atoms with Crippen LogP contribution in [0.25, 0.3) is 0 Å². The Kier molecular flexibility index (Phi) is 3.27. The van der Waals surface area contributed by atoms with Crippen molar-refractivity contribution in [2.24, 2.45) is 5.73 Å². The van der Waals surface area contributed by atoms with Crippen molar-refractivity contribution >= 4 is 11.6 Å². The molecule has 2 rings (SSSR count). The van der Waals surface area contributed by atoms with Crippen molar-refractivity contribution in [2.45, 2.75) is 12.5 Å². The third-order valence-electron chi connectivity index (χ3n) is 2.41. The molecular formula is C12H11ClFNO. The van der Waals surface area contributed by atoms with Crippen molar-refractivity contribution in [1.82, 2.24) is 0 Å². The predicted molar refractivity (Wildman–Crippen MR) is 60.8 cm³/mol. The fourth-order valence-electron chi connectivity index (χ4n) is 1.52. The smallest absolute Gasteiger partial charge is 0.141 e. The standard InChI is InChI=1S/C12H11ClFNO/c13-10-5-8(1-2-11(10)14)6-12(15)9-3-4-16-7-9/h1-5,7,12H,6,15H2. The van der Waals surface area contributed by atoms with Gasteiger partial charge >= 0.3 is 0 Å². The third kappa shape index (κ3) is 2.43. The van der Waals surface area contributed by atoms with E-state index in [1.54, 1.807) is 24.7 Å². The lowest BCUT2D eigenvalue weighted by Gasteiger charge is -2.09. The molecule has 1 unspecified atom stereocenters. The Morgan fingerprint density at radius 3 is 2.81 bits per heavy atom. The number of nitrogens with two attached hydrogens (primary N) is 1. The summed E-state index contributed by atoms with van der Waals surface area (Å²) in [7, 11) is 0. The van der Waals surface area contributed by atoms with E-state index in [1.807, 2.05) is 6.07 Å². The van der Waals surface area contributed by atoms with Gasteiger partial charge in [0.25, 0.3) is 0 Å². The van der Waals surface area contributed by atoms with Crippen LogP contribution in [0, 0.1) is 5.82 Å². The van der Waals surface area contributed by atoms with Crippen molar-refractivity contribution in [3.63, 3.8) is 0 Å². The molecule has 0 saturated carbocycles. The molecule has 0 aliphatic heterocycles. The minimum atomic E-state index is -0.415. The highest BCUT2D eigenvalue weighted by molar-refractivity contribution is 6.30. The van der Waals surface area contributed by atoms with Crippen LogP contribution in [-0.4, -0.2) is 0 Å². The number of hydrogen-bond acceptors (Lipinski definition) is 2. The number of benzene rings is 1. The lowest BCUT2D eigenvalue weighted by molar-refractivity contribution is 0.558. The summed E-state index contributed by atoms with van der Waals surface area (Å²) in [6.07, 6.45) is 3.78. The molecule has 0 amide bonds. The normalized spacial score (nSPS) is 12.7. The quantitative estimate of drug-likeness (QED) is 0.893. The highest BCUT2D eigenvalue weighted by atomic mass is 35.5. The average Bonchev–Trinajstić information content (AvgIpc) is 2.77. The summed E-state index contributed by atoms with van der Waals surface area (Å²) in [5.41, 5.74) is 7.78. The SMILES string of the molecule is NC(Cc1ccc(F)c(Cl)c1)c1ccoc1. The molecule has 1 atom stereocenters. The first-order valence-corrected chi connectivity index (χ1v) is 5.26. The molecule has 4 heteroatoms. The maximum atomic E-state index is 12.9. The van der Waals surface area contributed by atoms with Gasteiger partial charge in [-0.05, 0) is 30.2 Å². The van der Waals surface area contributed by atoms with Crippen molar-refractivity contribution < 1.29 is 8.81 Å². The van der Waals surface area contributed by atoms with Crippen LogP contribution in [0.4, 0.5) is 4.39 Å². The molecule has 0 aliphatic rings. The van der Waals surface area contributed by atoms with Crippen molar-refractivity contribution in [2.75, 3.05) is 0 Å². The van der Waals surface area contributed by atoms with Crippen LogP contribution < -0.4 is 5.73 Å². The Balaban J connectivity index is 2.12. The van der Waals surface area contributed by atoms with E-state index in [9.17, 15) is 4.39 Å². The number of rotatable bonds is 3. The van der Waals surface area contributed by atoms with Gasteiger partial charge in [0.1, 0.15) is 5.82 Å². The van der Waals surface area contributed by atoms with E-state index in [0.717, 1.165) is 11.1 Å². The molecule has 1 aromatic heterocycles. The van der Waals surface area contributed by atoms with Gasteiger partial charge in [0.05, 0.1) is 17.5 Å². The molecule has 84 valence electrons. The summed E-state index contributed by atoms with van der Waals surface area (Å²) in [5.74, 6) is -0.415. The lowest BCUT2D eigenvalue weighted by atomic mass is 10.0. The molecule has 0 bridgehead atoms. The monoisotopic (exact) mass is 239 g/mol. The Morgan fingerprint density at radius 2 is 2.19 bits per heavy atom. The second-order valence-electron chi connectivity index (χ2n) is 3.62. The summed E-state index contributed by atoms with van der Waals surface area (Å²) in [6, 6.07) is 6.27. The Hall–Kier alpha value is -1.32. The minimum absolute atomic E-state index is 0.122. The highest BCUT2D eigenvalue weighted by Crippen LogP contribution is 2.20. The molecule has 2 N–H and O–H groups in total. The van der Waals surface area contributed by atoms with Crippen LogP contribution in [0.15, 0.2) is 41.2 Å². The van der Waals surface area contributed by atoms with Crippen molar-refractivity contribution in [3.05, 3.63) is 58.8 Å². The summed E-state index contributed by atoms with van der Waals surface area (Å²) >= 11 is 5.69. The van der Waals surface area contributed by atoms with E-state index in [4.69, 9.17) is 21.8 Å². The fourth-order valence-corrected chi connectivity index (χ4v) is 1.73. The number of halogens is 2. The van der Waals surface area contributed by atoms with Gasteiger partial charge in [0.2, 0.25) is 0 Å². The fraction of sp³-hybridized carbons (Fsp3) is 0.167.